The van der Waals surface area contributed by atoms with Crippen molar-refractivity contribution >= 4 is 23.7 Å². The van der Waals surface area contributed by atoms with Crippen LogP contribution in [0.25, 0.3) is 0 Å². The van der Waals surface area contributed by atoms with Crippen LogP contribution in [0.3, 0.4) is 0 Å². The zero-order valence-corrected chi connectivity index (χ0v) is 27.9. The summed E-state index contributed by atoms with van der Waals surface area (Å²) in [4.78, 5) is 51.6. The van der Waals surface area contributed by atoms with E-state index in [1.165, 1.54) is 4.90 Å². The molecule has 0 saturated heterocycles. The number of terminal acetylenes is 1. The van der Waals surface area contributed by atoms with E-state index >= 15 is 0 Å². The topological polar surface area (TPSA) is 139 Å². The highest BCUT2D eigenvalue weighted by molar-refractivity contribution is 6.21. The second kappa shape index (κ2) is 21.1. The minimum Gasteiger partial charge on any atom is -0.481 e. The van der Waals surface area contributed by atoms with Gasteiger partial charge in [0.05, 0.1) is 70.5 Å². The maximum Gasteiger partial charge on any atom is 0.329 e. The molecule has 12 heteroatoms. The van der Waals surface area contributed by atoms with E-state index in [2.05, 4.69) is 11.2 Å². The normalized spacial score (nSPS) is 12.7. The van der Waals surface area contributed by atoms with E-state index in [0.29, 0.717) is 49.9 Å². The van der Waals surface area contributed by atoms with Crippen molar-refractivity contribution in [3.8, 4) is 18.1 Å². The third-order valence-electron chi connectivity index (χ3n) is 7.46. The van der Waals surface area contributed by atoms with Gasteiger partial charge in [-0.15, -0.1) is 6.42 Å². The molecule has 0 saturated carbocycles. The number of esters is 1. The molecule has 264 valence electrons. The van der Waals surface area contributed by atoms with Gasteiger partial charge in [0, 0.05) is 12.8 Å². The number of amides is 3. The molecule has 1 aliphatic rings. The zero-order chi connectivity index (χ0) is 35.4. The van der Waals surface area contributed by atoms with E-state index < -0.39 is 12.0 Å². The minimum atomic E-state index is -0.895. The summed E-state index contributed by atoms with van der Waals surface area (Å²) >= 11 is 0. The number of benzene rings is 3. The summed E-state index contributed by atoms with van der Waals surface area (Å²) in [5.41, 5.74) is 2.49. The second-order valence-electron chi connectivity index (χ2n) is 11.1. The van der Waals surface area contributed by atoms with Gasteiger partial charge in [-0.25, -0.2) is 4.79 Å². The number of nitrogens with zero attached hydrogens (tertiary/aromatic N) is 1. The van der Waals surface area contributed by atoms with Crippen LogP contribution in [0.4, 0.5) is 0 Å². The molecule has 0 aliphatic carbocycles. The van der Waals surface area contributed by atoms with E-state index in [-0.39, 0.29) is 70.1 Å². The Balaban J connectivity index is 1.04. The van der Waals surface area contributed by atoms with Gasteiger partial charge in [-0.2, -0.15) is 0 Å². The van der Waals surface area contributed by atoms with E-state index in [9.17, 15) is 19.2 Å². The molecule has 50 heavy (non-hydrogen) atoms. The molecule has 1 atom stereocenters. The lowest BCUT2D eigenvalue weighted by atomic mass is 10.1. The van der Waals surface area contributed by atoms with E-state index in [1.54, 1.807) is 36.4 Å². The monoisotopic (exact) mass is 686 g/mol. The fourth-order valence-electron chi connectivity index (χ4n) is 4.90. The average Bonchev–Trinajstić information content (AvgIpc) is 3.38. The Morgan fingerprint density at radius 1 is 0.700 bits per heavy atom. The lowest BCUT2D eigenvalue weighted by Crippen LogP contribution is -2.43. The molecule has 3 aromatic carbocycles. The van der Waals surface area contributed by atoms with Gasteiger partial charge < -0.3 is 33.7 Å². The van der Waals surface area contributed by atoms with Crippen LogP contribution in [-0.4, -0.2) is 101 Å². The molecule has 1 heterocycles. The largest absolute Gasteiger partial charge is 0.481 e. The number of carbonyl (C=O) groups is 4. The first-order chi connectivity index (χ1) is 24.5. The van der Waals surface area contributed by atoms with Crippen LogP contribution in [0.2, 0.25) is 0 Å². The Kier molecular flexibility index (Phi) is 15.9. The number of hydrogen-bond acceptors (Lipinski definition) is 10. The molecule has 12 nitrogen and oxygen atoms in total. The highest BCUT2D eigenvalue weighted by Crippen LogP contribution is 2.22. The SMILES string of the molecule is C#CCOc1ccc(CC(NC(=O)CCOCCOCCOCCOCCN2C(=O)c3ccccc3C2=O)C(=O)OCc2ccccc2)cc1. The van der Waals surface area contributed by atoms with Crippen molar-refractivity contribution in [3.05, 3.63) is 101 Å². The highest BCUT2D eigenvalue weighted by atomic mass is 16.6. The number of nitrogens with one attached hydrogen (secondary N) is 1. The molecule has 3 aromatic rings. The van der Waals surface area contributed by atoms with Gasteiger partial charge >= 0.3 is 5.97 Å². The fraction of sp³-hybridized carbons (Fsp3) is 0.368. The second-order valence-corrected chi connectivity index (χ2v) is 11.1. The van der Waals surface area contributed by atoms with E-state index in [1.807, 2.05) is 42.5 Å². The standard InChI is InChI=1S/C38H42N2O10/c1-2-18-49-31-14-12-29(13-15-31)27-34(38(44)50-28-30-8-4-3-5-9-30)39-35(41)16-19-45-21-23-47-25-26-48-24-22-46-20-17-40-36(42)32-10-6-7-11-33(32)37(40)43/h1,3-15,34H,16-28H2,(H,39,41). The van der Waals surface area contributed by atoms with Crippen molar-refractivity contribution in [1.82, 2.24) is 10.2 Å². The minimum absolute atomic E-state index is 0.0530. The van der Waals surface area contributed by atoms with Crippen LogP contribution in [0, 0.1) is 12.3 Å². The highest BCUT2D eigenvalue weighted by Gasteiger charge is 2.34. The molecular formula is C38H42N2O10. The predicted molar refractivity (Wildman–Crippen MR) is 182 cm³/mol. The van der Waals surface area contributed by atoms with E-state index in [0.717, 1.165) is 11.1 Å². The number of rotatable bonds is 23. The van der Waals surface area contributed by atoms with Crippen molar-refractivity contribution in [1.29, 1.82) is 0 Å². The third kappa shape index (κ3) is 12.4. The Morgan fingerprint density at radius 3 is 1.86 bits per heavy atom. The van der Waals surface area contributed by atoms with Gasteiger partial charge in [0.2, 0.25) is 5.91 Å². The Hall–Kier alpha value is -5.06. The maximum absolute atomic E-state index is 13.0. The smallest absolute Gasteiger partial charge is 0.329 e. The summed E-state index contributed by atoms with van der Waals surface area (Å²) in [5.74, 6) is 1.52. The lowest BCUT2D eigenvalue weighted by Gasteiger charge is -2.18. The molecule has 0 aromatic heterocycles. The molecule has 1 unspecified atom stereocenters. The van der Waals surface area contributed by atoms with E-state index in [4.69, 9.17) is 34.8 Å². The number of carbonyl (C=O) groups excluding carboxylic acids is 4. The van der Waals surface area contributed by atoms with Crippen molar-refractivity contribution in [2.24, 2.45) is 0 Å². The van der Waals surface area contributed by atoms with Crippen LogP contribution in [0.15, 0.2) is 78.9 Å². The van der Waals surface area contributed by atoms with Gasteiger partial charge in [-0.05, 0) is 35.4 Å². The third-order valence-corrected chi connectivity index (χ3v) is 7.46. The number of hydrogen-bond donors (Lipinski definition) is 1. The molecule has 3 amide bonds. The first-order valence-electron chi connectivity index (χ1n) is 16.4. The zero-order valence-electron chi connectivity index (χ0n) is 27.9. The Morgan fingerprint density at radius 2 is 1.26 bits per heavy atom. The molecule has 0 spiro atoms. The first kappa shape index (κ1) is 37.8. The van der Waals surface area contributed by atoms with Gasteiger partial charge in [0.15, 0.2) is 0 Å². The summed E-state index contributed by atoms with van der Waals surface area (Å²) < 4.78 is 32.9. The lowest BCUT2D eigenvalue weighted by molar-refractivity contribution is -0.149. The van der Waals surface area contributed by atoms with Gasteiger partial charge in [-0.3, -0.25) is 19.3 Å². The van der Waals surface area contributed by atoms with Crippen molar-refractivity contribution < 1.29 is 47.6 Å². The molecule has 0 fully saturated rings. The number of ether oxygens (including phenoxy) is 6. The Bertz CT molecular complexity index is 1540. The molecule has 1 N–H and O–H groups in total. The number of imide groups is 1. The quantitative estimate of drug-likeness (QED) is 0.0685. The van der Waals surface area contributed by atoms with Crippen LogP contribution < -0.4 is 10.1 Å². The summed E-state index contributed by atoms with van der Waals surface area (Å²) in [6, 6.07) is 22.3. The first-order valence-corrected chi connectivity index (χ1v) is 16.4. The summed E-state index contributed by atoms with van der Waals surface area (Å²) in [7, 11) is 0. The van der Waals surface area contributed by atoms with Gasteiger partial charge in [0.1, 0.15) is 25.0 Å². The van der Waals surface area contributed by atoms with Crippen LogP contribution in [-0.2, 0) is 46.3 Å². The van der Waals surface area contributed by atoms with Gasteiger partial charge in [0.25, 0.3) is 11.8 Å². The molecule has 0 radical (unpaired) electrons. The van der Waals surface area contributed by atoms with Crippen LogP contribution >= 0.6 is 0 Å². The number of fused-ring (bicyclic) bond motifs is 1. The van der Waals surface area contributed by atoms with Crippen LogP contribution in [0.5, 0.6) is 5.75 Å². The summed E-state index contributed by atoms with van der Waals surface area (Å²) in [5, 5.41) is 2.77. The van der Waals surface area contributed by atoms with Crippen LogP contribution in [0.1, 0.15) is 38.3 Å². The molecule has 1 aliphatic heterocycles. The summed E-state index contributed by atoms with van der Waals surface area (Å²) in [6.07, 6.45) is 5.52. The average molecular weight is 687 g/mol. The summed E-state index contributed by atoms with van der Waals surface area (Å²) in [6.45, 7) is 2.74. The maximum atomic E-state index is 13.0. The Labute approximate surface area is 291 Å². The molecule has 0 bridgehead atoms. The fourth-order valence-corrected chi connectivity index (χ4v) is 4.90. The molecular weight excluding hydrogens is 644 g/mol. The van der Waals surface area contributed by atoms with Crippen molar-refractivity contribution in [2.45, 2.75) is 25.5 Å². The van der Waals surface area contributed by atoms with Crippen molar-refractivity contribution in [3.63, 3.8) is 0 Å². The van der Waals surface area contributed by atoms with Gasteiger partial charge in [-0.1, -0.05) is 60.5 Å². The van der Waals surface area contributed by atoms with Crippen molar-refractivity contribution in [2.75, 3.05) is 66.0 Å². The molecule has 4 rings (SSSR count). The predicted octanol–water partition coefficient (Wildman–Crippen LogP) is 3.22.